The Morgan fingerprint density at radius 3 is 2.60 bits per heavy atom. The Labute approximate surface area is 188 Å². The number of halogens is 1. The monoisotopic (exact) mass is 512 g/mol. The molecule has 152 valence electrons. The van der Waals surface area contributed by atoms with E-state index in [0.717, 1.165) is 20.6 Å². The Bertz CT molecular complexity index is 1120. The van der Waals surface area contributed by atoms with Crippen LogP contribution in [0.15, 0.2) is 89.6 Å². The number of benzene rings is 2. The first-order valence-corrected chi connectivity index (χ1v) is 10.7. The molecule has 1 N–H and O–H groups in total. The Balaban J connectivity index is 1.37. The number of carbonyl (C=O) groups is 1. The minimum atomic E-state index is -0.255. The third-order valence-electron chi connectivity index (χ3n) is 4.70. The van der Waals surface area contributed by atoms with Crippen LogP contribution in [0, 0.1) is 3.57 Å². The zero-order chi connectivity index (χ0) is 20.9. The number of hydrogen-bond acceptors (Lipinski definition) is 3. The van der Waals surface area contributed by atoms with Crippen LogP contribution in [0.2, 0.25) is 0 Å². The molecule has 0 spiro atoms. The highest BCUT2D eigenvalue weighted by atomic mass is 127. The number of carbonyl (C=O) groups excluding carboxylic acids is 1. The van der Waals surface area contributed by atoms with Gasteiger partial charge in [-0.1, -0.05) is 12.1 Å². The van der Waals surface area contributed by atoms with Crippen molar-refractivity contribution >= 4 is 28.5 Å². The van der Waals surface area contributed by atoms with Gasteiger partial charge in [0.15, 0.2) is 5.76 Å². The van der Waals surface area contributed by atoms with Crippen molar-refractivity contribution in [3.8, 4) is 11.4 Å². The van der Waals surface area contributed by atoms with Crippen molar-refractivity contribution < 1.29 is 13.9 Å². The Morgan fingerprint density at radius 2 is 1.83 bits per heavy atom. The van der Waals surface area contributed by atoms with Crippen LogP contribution in [-0.2, 0) is 6.61 Å². The molecule has 4 aromatic rings. The highest BCUT2D eigenvalue weighted by Crippen LogP contribution is 2.19. The number of amides is 1. The molecule has 6 heteroatoms. The third-order valence-corrected chi connectivity index (χ3v) is 5.42. The van der Waals surface area contributed by atoms with Gasteiger partial charge in [-0.3, -0.25) is 4.79 Å². The van der Waals surface area contributed by atoms with Gasteiger partial charge in [0.25, 0.3) is 5.91 Å². The first-order chi connectivity index (χ1) is 14.6. The summed E-state index contributed by atoms with van der Waals surface area (Å²) in [6, 6.07) is 23.1. The lowest BCUT2D eigenvalue weighted by Crippen LogP contribution is -2.26. The van der Waals surface area contributed by atoms with Crippen LogP contribution in [-0.4, -0.2) is 10.5 Å². The minimum absolute atomic E-state index is 0.162. The molecule has 0 saturated heterocycles. The van der Waals surface area contributed by atoms with Crippen molar-refractivity contribution in [1.82, 2.24) is 9.88 Å². The van der Waals surface area contributed by atoms with E-state index in [1.54, 1.807) is 12.1 Å². The molecule has 5 nitrogen and oxygen atoms in total. The Hall–Kier alpha value is -3.00. The van der Waals surface area contributed by atoms with E-state index in [1.165, 1.54) is 0 Å². The molecule has 2 aromatic carbocycles. The summed E-state index contributed by atoms with van der Waals surface area (Å²) in [4.78, 5) is 12.6. The fourth-order valence-corrected chi connectivity index (χ4v) is 3.43. The highest BCUT2D eigenvalue weighted by molar-refractivity contribution is 14.1. The summed E-state index contributed by atoms with van der Waals surface area (Å²) < 4.78 is 14.6. The average Bonchev–Trinajstić information content (AvgIpc) is 3.46. The molecule has 0 fully saturated rings. The van der Waals surface area contributed by atoms with Gasteiger partial charge in [0.2, 0.25) is 0 Å². The van der Waals surface area contributed by atoms with Crippen LogP contribution in [0.1, 0.15) is 34.8 Å². The first-order valence-electron chi connectivity index (χ1n) is 9.60. The number of hydrogen-bond donors (Lipinski definition) is 1. The normalized spacial score (nSPS) is 11.8. The maximum absolute atomic E-state index is 12.6. The summed E-state index contributed by atoms with van der Waals surface area (Å²) in [5.74, 6) is 1.37. The standard InChI is InChI=1S/C24H21IN2O3/c1-17(18-5-4-6-20(15-18)27-13-2-3-14-27)26-24(28)23-12-11-22(30-23)16-29-21-9-7-19(25)8-10-21/h2-15,17H,16H2,1H3,(H,26,28). The molecule has 1 unspecified atom stereocenters. The van der Waals surface area contributed by atoms with Crippen LogP contribution in [0.3, 0.4) is 0 Å². The molecular weight excluding hydrogens is 491 g/mol. The van der Waals surface area contributed by atoms with Crippen molar-refractivity contribution in [2.45, 2.75) is 19.6 Å². The van der Waals surface area contributed by atoms with E-state index in [9.17, 15) is 4.79 Å². The van der Waals surface area contributed by atoms with E-state index in [-0.39, 0.29) is 24.3 Å². The molecule has 0 aliphatic heterocycles. The van der Waals surface area contributed by atoms with E-state index in [1.807, 2.05) is 78.5 Å². The molecule has 4 rings (SSSR count). The number of furan rings is 1. The maximum Gasteiger partial charge on any atom is 0.287 e. The fraction of sp³-hybridized carbons (Fsp3) is 0.125. The van der Waals surface area contributed by atoms with Gasteiger partial charge in [0.1, 0.15) is 18.1 Å². The molecule has 2 aromatic heterocycles. The lowest BCUT2D eigenvalue weighted by atomic mass is 10.1. The molecule has 2 heterocycles. The van der Waals surface area contributed by atoms with Gasteiger partial charge in [0.05, 0.1) is 6.04 Å². The van der Waals surface area contributed by atoms with Gasteiger partial charge in [-0.15, -0.1) is 0 Å². The minimum Gasteiger partial charge on any atom is -0.486 e. The van der Waals surface area contributed by atoms with Crippen LogP contribution >= 0.6 is 22.6 Å². The van der Waals surface area contributed by atoms with E-state index in [4.69, 9.17) is 9.15 Å². The summed E-state index contributed by atoms with van der Waals surface area (Å²) in [5, 5.41) is 2.99. The predicted molar refractivity (Wildman–Crippen MR) is 124 cm³/mol. The summed E-state index contributed by atoms with van der Waals surface area (Å²) in [6.07, 6.45) is 3.98. The number of ether oxygens (including phenoxy) is 1. The largest absolute Gasteiger partial charge is 0.486 e. The number of nitrogens with zero attached hydrogens (tertiary/aromatic N) is 1. The Kier molecular flexibility index (Phi) is 6.23. The lowest BCUT2D eigenvalue weighted by molar-refractivity contribution is 0.0907. The van der Waals surface area contributed by atoms with E-state index < -0.39 is 0 Å². The zero-order valence-electron chi connectivity index (χ0n) is 16.4. The van der Waals surface area contributed by atoms with Crippen LogP contribution < -0.4 is 10.1 Å². The molecule has 0 aliphatic rings. The van der Waals surface area contributed by atoms with Crippen LogP contribution in [0.5, 0.6) is 5.75 Å². The van der Waals surface area contributed by atoms with Gasteiger partial charge in [0, 0.05) is 21.7 Å². The van der Waals surface area contributed by atoms with Gasteiger partial charge in [-0.25, -0.2) is 0 Å². The summed E-state index contributed by atoms with van der Waals surface area (Å²) in [6.45, 7) is 2.22. The van der Waals surface area contributed by atoms with Gasteiger partial charge in [-0.05, 0) is 95.7 Å². The molecular formula is C24H21IN2O3. The number of nitrogens with one attached hydrogen (secondary N) is 1. The van der Waals surface area contributed by atoms with Gasteiger partial charge < -0.3 is 19.0 Å². The van der Waals surface area contributed by atoms with Crippen molar-refractivity contribution in [3.63, 3.8) is 0 Å². The lowest BCUT2D eigenvalue weighted by Gasteiger charge is -2.15. The maximum atomic E-state index is 12.6. The molecule has 1 atom stereocenters. The molecule has 0 aliphatic carbocycles. The smallest absolute Gasteiger partial charge is 0.287 e. The molecule has 30 heavy (non-hydrogen) atoms. The van der Waals surface area contributed by atoms with E-state index in [0.29, 0.717) is 5.76 Å². The SMILES string of the molecule is CC(NC(=O)c1ccc(COc2ccc(I)cc2)o1)c1cccc(-n2cccc2)c1. The van der Waals surface area contributed by atoms with Gasteiger partial charge >= 0.3 is 0 Å². The second-order valence-electron chi connectivity index (χ2n) is 6.89. The molecule has 0 saturated carbocycles. The van der Waals surface area contributed by atoms with E-state index >= 15 is 0 Å². The van der Waals surface area contributed by atoms with Gasteiger partial charge in [-0.2, -0.15) is 0 Å². The number of aromatic nitrogens is 1. The van der Waals surface area contributed by atoms with Crippen molar-refractivity contribution in [1.29, 1.82) is 0 Å². The van der Waals surface area contributed by atoms with Crippen LogP contribution in [0.4, 0.5) is 0 Å². The second kappa shape index (κ2) is 9.21. The van der Waals surface area contributed by atoms with E-state index in [2.05, 4.69) is 34.0 Å². The predicted octanol–water partition coefficient (Wildman–Crippen LogP) is 5.74. The van der Waals surface area contributed by atoms with Crippen molar-refractivity contribution in [2.75, 3.05) is 0 Å². The van der Waals surface area contributed by atoms with Crippen molar-refractivity contribution in [2.24, 2.45) is 0 Å². The average molecular weight is 512 g/mol. The first kappa shape index (κ1) is 20.3. The fourth-order valence-electron chi connectivity index (χ4n) is 3.08. The van der Waals surface area contributed by atoms with Crippen LogP contribution in [0.25, 0.3) is 5.69 Å². The molecule has 0 radical (unpaired) electrons. The summed E-state index contributed by atoms with van der Waals surface area (Å²) in [7, 11) is 0. The number of rotatable bonds is 7. The zero-order valence-corrected chi connectivity index (χ0v) is 18.6. The quantitative estimate of drug-likeness (QED) is 0.321. The molecule has 1 amide bonds. The summed E-state index contributed by atoms with van der Waals surface area (Å²) in [5.41, 5.74) is 2.06. The van der Waals surface area contributed by atoms with Crippen molar-refractivity contribution in [3.05, 3.63) is 106 Å². The second-order valence-corrected chi connectivity index (χ2v) is 8.13. The molecule has 0 bridgehead atoms. The highest BCUT2D eigenvalue weighted by Gasteiger charge is 2.16. The third kappa shape index (κ3) is 4.94. The summed E-state index contributed by atoms with van der Waals surface area (Å²) >= 11 is 2.25. The topological polar surface area (TPSA) is 56.4 Å². The Morgan fingerprint density at radius 1 is 1.07 bits per heavy atom.